The molecule has 0 aromatic heterocycles. The third-order valence-corrected chi connectivity index (χ3v) is 6.23. The van der Waals surface area contributed by atoms with E-state index < -0.39 is 42.0 Å². The highest BCUT2D eigenvalue weighted by Crippen LogP contribution is 2.40. The molecular weight excluding hydrogens is 482 g/mol. The first-order valence-corrected chi connectivity index (χ1v) is 13.1. The molecule has 0 bridgehead atoms. The first-order chi connectivity index (χ1) is 17.9. The molecule has 0 amide bonds. The average Bonchev–Trinajstić information content (AvgIpc) is 3.22. The Bertz CT molecular complexity index is 970. The van der Waals surface area contributed by atoms with Crippen molar-refractivity contribution in [3.05, 3.63) is 70.8 Å². The van der Waals surface area contributed by atoms with Gasteiger partial charge < -0.3 is 23.7 Å². The summed E-state index contributed by atoms with van der Waals surface area (Å²) < 4.78 is 59.3. The zero-order valence-corrected chi connectivity index (χ0v) is 21.9. The molecule has 204 valence electrons. The highest BCUT2D eigenvalue weighted by atomic mass is 19.1. The molecule has 37 heavy (non-hydrogen) atoms. The highest BCUT2D eigenvalue weighted by Gasteiger charge is 2.48. The number of halogens is 2. The van der Waals surface area contributed by atoms with Crippen molar-refractivity contribution in [3.8, 4) is 0 Å². The summed E-state index contributed by atoms with van der Waals surface area (Å²) in [7, 11) is 0. The Kier molecular flexibility index (Phi) is 11.9. The summed E-state index contributed by atoms with van der Waals surface area (Å²) in [6, 6.07) is 11.9. The SMILES string of the molecule is CCCCOC[C@H]1O[C@@H](c2cc(COC(C)=O)c(F)cc2F)C(OCCCC)[C@@H]1OCc1ccccc1. The van der Waals surface area contributed by atoms with E-state index >= 15 is 4.39 Å². The van der Waals surface area contributed by atoms with Gasteiger partial charge in [0, 0.05) is 37.3 Å². The summed E-state index contributed by atoms with van der Waals surface area (Å²) in [6.45, 7) is 6.67. The number of esters is 1. The van der Waals surface area contributed by atoms with Crippen LogP contribution in [0.3, 0.4) is 0 Å². The molecule has 1 saturated heterocycles. The Labute approximate surface area is 218 Å². The standard InChI is InChI=1S/C29H38F2O6/c1-4-6-13-33-19-26-28(36-17-21-11-9-8-10-12-21)29(34-14-7-5-2)27(37-26)23-15-22(18-35-20(3)32)24(30)16-25(23)31/h8-12,15-16,26-29H,4-7,13-14,17-19H2,1-3H3/t26-,27+,28-,29?/m1/s1. The number of benzene rings is 2. The minimum absolute atomic E-state index is 0.0620. The van der Waals surface area contributed by atoms with Gasteiger partial charge in [-0.25, -0.2) is 8.78 Å². The fourth-order valence-corrected chi connectivity index (χ4v) is 4.19. The van der Waals surface area contributed by atoms with Crippen LogP contribution in [0.1, 0.15) is 69.2 Å². The van der Waals surface area contributed by atoms with Crippen molar-refractivity contribution in [2.75, 3.05) is 19.8 Å². The molecule has 4 atom stereocenters. The van der Waals surface area contributed by atoms with Gasteiger partial charge >= 0.3 is 5.97 Å². The average molecular weight is 521 g/mol. The minimum atomic E-state index is -0.853. The molecule has 6 nitrogen and oxygen atoms in total. The lowest BCUT2D eigenvalue weighted by Crippen LogP contribution is -2.38. The smallest absolute Gasteiger partial charge is 0.302 e. The first-order valence-electron chi connectivity index (χ1n) is 13.1. The lowest BCUT2D eigenvalue weighted by molar-refractivity contribution is -0.142. The van der Waals surface area contributed by atoms with E-state index in [1.54, 1.807) is 0 Å². The Morgan fingerprint density at radius 1 is 0.919 bits per heavy atom. The van der Waals surface area contributed by atoms with Gasteiger partial charge in [-0.2, -0.15) is 0 Å². The summed E-state index contributed by atoms with van der Waals surface area (Å²) in [5.74, 6) is -2.10. The van der Waals surface area contributed by atoms with Crippen molar-refractivity contribution in [2.24, 2.45) is 0 Å². The maximum Gasteiger partial charge on any atom is 0.302 e. The van der Waals surface area contributed by atoms with Crippen molar-refractivity contribution in [3.63, 3.8) is 0 Å². The van der Waals surface area contributed by atoms with Crippen LogP contribution in [0, 0.1) is 11.6 Å². The molecule has 2 aromatic carbocycles. The topological polar surface area (TPSA) is 63.2 Å². The number of ether oxygens (including phenoxy) is 5. The molecule has 1 heterocycles. The second kappa shape index (κ2) is 15.1. The molecule has 1 unspecified atom stereocenters. The molecule has 1 aliphatic heterocycles. The quantitative estimate of drug-likeness (QED) is 0.210. The van der Waals surface area contributed by atoms with Crippen LogP contribution in [-0.4, -0.2) is 44.1 Å². The van der Waals surface area contributed by atoms with Crippen LogP contribution in [0.2, 0.25) is 0 Å². The number of carbonyl (C=O) groups excluding carboxylic acids is 1. The van der Waals surface area contributed by atoms with E-state index in [9.17, 15) is 9.18 Å². The number of carbonyl (C=O) groups is 1. The van der Waals surface area contributed by atoms with E-state index in [-0.39, 0.29) is 24.3 Å². The molecule has 3 rings (SSSR count). The van der Waals surface area contributed by atoms with Crippen molar-refractivity contribution in [2.45, 2.75) is 84.1 Å². The Balaban J connectivity index is 1.90. The van der Waals surface area contributed by atoms with Crippen LogP contribution >= 0.6 is 0 Å². The minimum Gasteiger partial charge on any atom is -0.461 e. The molecular formula is C29H38F2O6. The summed E-state index contributed by atoms with van der Waals surface area (Å²) >= 11 is 0. The number of hydrogen-bond donors (Lipinski definition) is 0. The molecule has 1 fully saturated rings. The lowest BCUT2D eigenvalue weighted by Gasteiger charge is -2.25. The monoisotopic (exact) mass is 520 g/mol. The van der Waals surface area contributed by atoms with Gasteiger partial charge in [0.2, 0.25) is 0 Å². The van der Waals surface area contributed by atoms with Gasteiger partial charge in [0.25, 0.3) is 0 Å². The number of unbranched alkanes of at least 4 members (excludes halogenated alkanes) is 2. The van der Waals surface area contributed by atoms with Gasteiger partial charge in [-0.05, 0) is 24.5 Å². The molecule has 1 aliphatic rings. The van der Waals surface area contributed by atoms with Crippen molar-refractivity contribution >= 4 is 5.97 Å². The zero-order chi connectivity index (χ0) is 26.6. The van der Waals surface area contributed by atoms with Crippen molar-refractivity contribution in [1.82, 2.24) is 0 Å². The second-order valence-electron chi connectivity index (χ2n) is 9.22. The Morgan fingerprint density at radius 2 is 1.65 bits per heavy atom. The van der Waals surface area contributed by atoms with Gasteiger partial charge in [-0.3, -0.25) is 4.79 Å². The summed E-state index contributed by atoms with van der Waals surface area (Å²) in [5.41, 5.74) is 1.18. The van der Waals surface area contributed by atoms with E-state index in [1.165, 1.54) is 13.0 Å². The third kappa shape index (κ3) is 8.57. The van der Waals surface area contributed by atoms with Gasteiger partial charge in [0.05, 0.1) is 13.2 Å². The summed E-state index contributed by atoms with van der Waals surface area (Å²) in [4.78, 5) is 11.3. The molecule has 0 N–H and O–H groups in total. The van der Waals surface area contributed by atoms with Gasteiger partial charge in [-0.1, -0.05) is 57.0 Å². The number of hydrogen-bond acceptors (Lipinski definition) is 6. The van der Waals surface area contributed by atoms with E-state index in [0.29, 0.717) is 19.8 Å². The number of rotatable bonds is 15. The van der Waals surface area contributed by atoms with Crippen molar-refractivity contribution in [1.29, 1.82) is 0 Å². The van der Waals surface area contributed by atoms with E-state index in [2.05, 4.69) is 13.8 Å². The lowest BCUT2D eigenvalue weighted by atomic mass is 9.98. The second-order valence-corrected chi connectivity index (χ2v) is 9.22. The molecule has 0 spiro atoms. The van der Waals surface area contributed by atoms with Crippen LogP contribution in [0.4, 0.5) is 8.78 Å². The van der Waals surface area contributed by atoms with E-state index in [4.69, 9.17) is 23.7 Å². The normalized spacial score (nSPS) is 21.3. The van der Waals surface area contributed by atoms with Crippen LogP contribution in [0.5, 0.6) is 0 Å². The molecule has 8 heteroatoms. The van der Waals surface area contributed by atoms with Gasteiger partial charge in [0.1, 0.15) is 42.7 Å². The van der Waals surface area contributed by atoms with Crippen LogP contribution < -0.4 is 0 Å². The third-order valence-electron chi connectivity index (χ3n) is 6.23. The van der Waals surface area contributed by atoms with Gasteiger partial charge in [0.15, 0.2) is 0 Å². The van der Waals surface area contributed by atoms with Gasteiger partial charge in [-0.15, -0.1) is 0 Å². The maximum absolute atomic E-state index is 15.1. The van der Waals surface area contributed by atoms with E-state index in [1.807, 2.05) is 30.3 Å². The molecule has 2 aromatic rings. The van der Waals surface area contributed by atoms with Crippen molar-refractivity contribution < 1.29 is 37.3 Å². The fourth-order valence-electron chi connectivity index (χ4n) is 4.19. The van der Waals surface area contributed by atoms with Crippen LogP contribution in [0.25, 0.3) is 0 Å². The predicted octanol–water partition coefficient (Wildman–Crippen LogP) is 6.06. The van der Waals surface area contributed by atoms with E-state index in [0.717, 1.165) is 37.3 Å². The highest BCUT2D eigenvalue weighted by molar-refractivity contribution is 5.65. The molecule has 0 saturated carbocycles. The Morgan fingerprint density at radius 3 is 2.35 bits per heavy atom. The maximum atomic E-state index is 15.1. The predicted molar refractivity (Wildman–Crippen MR) is 135 cm³/mol. The van der Waals surface area contributed by atoms with Crippen LogP contribution in [0.15, 0.2) is 42.5 Å². The first kappa shape index (κ1) is 29.2. The molecule has 0 radical (unpaired) electrons. The summed E-state index contributed by atoms with van der Waals surface area (Å²) in [6.07, 6.45) is 1.10. The van der Waals surface area contributed by atoms with Crippen LogP contribution in [-0.2, 0) is 41.7 Å². The largest absolute Gasteiger partial charge is 0.461 e. The summed E-state index contributed by atoms with van der Waals surface area (Å²) in [5, 5.41) is 0. The fraction of sp³-hybridized carbons (Fsp3) is 0.552. The Hall–Kier alpha value is -2.39. The zero-order valence-electron chi connectivity index (χ0n) is 21.9. The molecule has 0 aliphatic carbocycles.